The fraction of sp³-hybridized carbons (Fsp3) is 0.500. The number of anilines is 1. The molecule has 1 aliphatic carbocycles. The van der Waals surface area contributed by atoms with Crippen molar-refractivity contribution in [1.82, 2.24) is 0 Å². The first-order chi connectivity index (χ1) is 7.59. The van der Waals surface area contributed by atoms with Crippen LogP contribution >= 0.6 is 11.6 Å². The van der Waals surface area contributed by atoms with Crippen molar-refractivity contribution >= 4 is 17.3 Å². The van der Waals surface area contributed by atoms with Gasteiger partial charge in [-0.3, -0.25) is 0 Å². The Morgan fingerprint density at radius 3 is 2.75 bits per heavy atom. The third kappa shape index (κ3) is 2.15. The van der Waals surface area contributed by atoms with Gasteiger partial charge in [-0.1, -0.05) is 11.6 Å². The summed E-state index contributed by atoms with van der Waals surface area (Å²) in [7, 11) is 1.99. The van der Waals surface area contributed by atoms with Crippen LogP contribution in [0.25, 0.3) is 0 Å². The van der Waals surface area contributed by atoms with Gasteiger partial charge in [-0.2, -0.15) is 0 Å². The maximum atomic E-state index is 13.0. The van der Waals surface area contributed by atoms with Crippen LogP contribution in [0.5, 0.6) is 0 Å². The maximum Gasteiger partial charge on any atom is 0.141 e. The van der Waals surface area contributed by atoms with Crippen molar-refractivity contribution in [2.24, 2.45) is 5.73 Å². The Labute approximate surface area is 100 Å². The molecule has 0 amide bonds. The summed E-state index contributed by atoms with van der Waals surface area (Å²) < 4.78 is 13.0. The Morgan fingerprint density at radius 1 is 1.44 bits per heavy atom. The first-order valence-electron chi connectivity index (χ1n) is 5.53. The summed E-state index contributed by atoms with van der Waals surface area (Å²) >= 11 is 5.77. The molecule has 4 heteroatoms. The molecule has 1 aromatic carbocycles. The van der Waals surface area contributed by atoms with Gasteiger partial charge in [0.1, 0.15) is 5.82 Å². The average molecular weight is 243 g/mol. The van der Waals surface area contributed by atoms with Crippen molar-refractivity contribution in [2.45, 2.75) is 31.3 Å². The molecular weight excluding hydrogens is 227 g/mol. The molecule has 2 unspecified atom stereocenters. The SMILES string of the molecule is CN(c1ccc(F)c(Cl)c1)C1CCCC1N. The van der Waals surface area contributed by atoms with E-state index in [1.807, 2.05) is 7.05 Å². The van der Waals surface area contributed by atoms with Gasteiger partial charge in [0.2, 0.25) is 0 Å². The zero-order valence-corrected chi connectivity index (χ0v) is 10.0. The minimum absolute atomic E-state index is 0.163. The highest BCUT2D eigenvalue weighted by molar-refractivity contribution is 6.31. The lowest BCUT2D eigenvalue weighted by Crippen LogP contribution is -2.42. The molecule has 0 bridgehead atoms. The van der Waals surface area contributed by atoms with Crippen LogP contribution in [0.4, 0.5) is 10.1 Å². The van der Waals surface area contributed by atoms with Crippen LogP contribution in [0, 0.1) is 5.82 Å². The van der Waals surface area contributed by atoms with Crippen molar-refractivity contribution in [3.63, 3.8) is 0 Å². The fourth-order valence-electron chi connectivity index (χ4n) is 2.35. The molecule has 2 atom stereocenters. The standard InChI is InChI=1S/C12H16ClFN2/c1-16(12-4-2-3-11(12)15)8-5-6-10(14)9(13)7-8/h5-7,11-12H,2-4,15H2,1H3. The molecule has 0 heterocycles. The zero-order valence-electron chi connectivity index (χ0n) is 9.29. The quantitative estimate of drug-likeness (QED) is 0.864. The second kappa shape index (κ2) is 4.60. The minimum Gasteiger partial charge on any atom is -0.370 e. The Hall–Kier alpha value is -0.800. The molecule has 0 spiro atoms. The second-order valence-electron chi connectivity index (χ2n) is 4.37. The highest BCUT2D eigenvalue weighted by Crippen LogP contribution is 2.28. The smallest absolute Gasteiger partial charge is 0.141 e. The summed E-state index contributed by atoms with van der Waals surface area (Å²) in [4.78, 5) is 2.10. The number of hydrogen-bond donors (Lipinski definition) is 1. The van der Waals surface area contributed by atoms with Gasteiger partial charge in [-0.25, -0.2) is 4.39 Å². The van der Waals surface area contributed by atoms with Crippen molar-refractivity contribution in [3.05, 3.63) is 29.0 Å². The van der Waals surface area contributed by atoms with Crippen molar-refractivity contribution in [1.29, 1.82) is 0 Å². The minimum atomic E-state index is -0.380. The molecule has 0 radical (unpaired) electrons. The van der Waals surface area contributed by atoms with Crippen LogP contribution in [0.1, 0.15) is 19.3 Å². The second-order valence-corrected chi connectivity index (χ2v) is 4.78. The fourth-order valence-corrected chi connectivity index (χ4v) is 2.52. The molecular formula is C12H16ClFN2. The number of nitrogens with zero attached hydrogens (tertiary/aromatic N) is 1. The summed E-state index contributed by atoms with van der Waals surface area (Å²) in [5.41, 5.74) is 6.96. The van der Waals surface area contributed by atoms with E-state index in [0.29, 0.717) is 6.04 Å². The lowest BCUT2D eigenvalue weighted by atomic mass is 10.1. The number of rotatable bonds is 2. The summed E-state index contributed by atoms with van der Waals surface area (Å²) in [6.45, 7) is 0. The maximum absolute atomic E-state index is 13.0. The van der Waals surface area contributed by atoms with Gasteiger partial charge >= 0.3 is 0 Å². The molecule has 2 nitrogen and oxygen atoms in total. The topological polar surface area (TPSA) is 29.3 Å². The number of halogens is 2. The number of nitrogens with two attached hydrogens (primary N) is 1. The summed E-state index contributed by atoms with van der Waals surface area (Å²) in [5, 5.41) is 0.163. The molecule has 1 saturated carbocycles. The Morgan fingerprint density at radius 2 is 2.19 bits per heavy atom. The van der Waals surface area contributed by atoms with Gasteiger partial charge in [0.25, 0.3) is 0 Å². The van der Waals surface area contributed by atoms with Crippen LogP contribution in [-0.4, -0.2) is 19.1 Å². The predicted octanol–water partition coefficient (Wildman–Crippen LogP) is 2.80. The summed E-state index contributed by atoms with van der Waals surface area (Å²) in [6.07, 6.45) is 3.31. The van der Waals surface area contributed by atoms with E-state index in [9.17, 15) is 4.39 Å². The highest BCUT2D eigenvalue weighted by Gasteiger charge is 2.27. The van der Waals surface area contributed by atoms with Crippen LogP contribution < -0.4 is 10.6 Å². The monoisotopic (exact) mass is 242 g/mol. The summed E-state index contributed by atoms with van der Waals surface area (Å²) in [6, 6.07) is 5.33. The molecule has 0 aliphatic heterocycles. The predicted molar refractivity (Wildman–Crippen MR) is 65.4 cm³/mol. The summed E-state index contributed by atoms with van der Waals surface area (Å²) in [5.74, 6) is -0.380. The number of hydrogen-bond acceptors (Lipinski definition) is 2. The van der Waals surface area contributed by atoms with E-state index < -0.39 is 0 Å². The third-order valence-electron chi connectivity index (χ3n) is 3.34. The lowest BCUT2D eigenvalue weighted by molar-refractivity contribution is 0.571. The molecule has 1 aliphatic rings. The molecule has 0 aromatic heterocycles. The van der Waals surface area contributed by atoms with Gasteiger partial charge in [-0.05, 0) is 37.5 Å². The first kappa shape index (κ1) is 11.7. The van der Waals surface area contributed by atoms with Gasteiger partial charge < -0.3 is 10.6 Å². The molecule has 1 aromatic rings. The van der Waals surface area contributed by atoms with E-state index in [-0.39, 0.29) is 16.9 Å². The van der Waals surface area contributed by atoms with Crippen LogP contribution in [0.3, 0.4) is 0 Å². The van der Waals surface area contributed by atoms with E-state index in [2.05, 4.69) is 4.90 Å². The van der Waals surface area contributed by atoms with Crippen molar-refractivity contribution < 1.29 is 4.39 Å². The third-order valence-corrected chi connectivity index (χ3v) is 3.63. The molecule has 88 valence electrons. The Kier molecular flexibility index (Phi) is 3.36. The van der Waals surface area contributed by atoms with Crippen LogP contribution in [-0.2, 0) is 0 Å². The molecule has 0 saturated heterocycles. The largest absolute Gasteiger partial charge is 0.370 e. The highest BCUT2D eigenvalue weighted by atomic mass is 35.5. The number of benzene rings is 1. The van der Waals surface area contributed by atoms with E-state index in [0.717, 1.165) is 24.9 Å². The number of likely N-dealkylation sites (N-methyl/N-ethyl adjacent to an activating group) is 1. The zero-order chi connectivity index (χ0) is 11.7. The van der Waals surface area contributed by atoms with Crippen LogP contribution in [0.2, 0.25) is 5.02 Å². The molecule has 2 N–H and O–H groups in total. The molecule has 2 rings (SSSR count). The van der Waals surface area contributed by atoms with Gasteiger partial charge in [0.15, 0.2) is 0 Å². The van der Waals surface area contributed by atoms with E-state index in [1.165, 1.54) is 6.07 Å². The normalized spacial score (nSPS) is 24.8. The Bertz CT molecular complexity index is 383. The van der Waals surface area contributed by atoms with Crippen molar-refractivity contribution in [2.75, 3.05) is 11.9 Å². The van der Waals surface area contributed by atoms with Crippen molar-refractivity contribution in [3.8, 4) is 0 Å². The first-order valence-corrected chi connectivity index (χ1v) is 5.91. The van der Waals surface area contributed by atoms with E-state index in [1.54, 1.807) is 12.1 Å². The molecule has 16 heavy (non-hydrogen) atoms. The average Bonchev–Trinajstić information content (AvgIpc) is 2.67. The lowest BCUT2D eigenvalue weighted by Gasteiger charge is -2.30. The van der Waals surface area contributed by atoms with Crippen LogP contribution in [0.15, 0.2) is 18.2 Å². The van der Waals surface area contributed by atoms with Gasteiger partial charge in [0, 0.05) is 24.8 Å². The Balaban J connectivity index is 2.20. The van der Waals surface area contributed by atoms with Gasteiger partial charge in [-0.15, -0.1) is 0 Å². The van der Waals surface area contributed by atoms with Gasteiger partial charge in [0.05, 0.1) is 5.02 Å². The molecule has 1 fully saturated rings. The van der Waals surface area contributed by atoms with E-state index >= 15 is 0 Å². The van der Waals surface area contributed by atoms with E-state index in [4.69, 9.17) is 17.3 Å².